The number of sulfonamides is 1. The minimum Gasteiger partial charge on any atom is -0.383 e. The lowest BCUT2D eigenvalue weighted by molar-refractivity contribution is 0.0730. The third-order valence-corrected chi connectivity index (χ3v) is 8.48. The van der Waals surface area contributed by atoms with Gasteiger partial charge in [0, 0.05) is 32.3 Å². The third kappa shape index (κ3) is 4.95. The second-order valence-electron chi connectivity index (χ2n) is 7.92. The second-order valence-corrected chi connectivity index (χ2v) is 10.9. The van der Waals surface area contributed by atoms with Gasteiger partial charge in [-0.05, 0) is 55.3 Å². The Morgan fingerprint density at radius 1 is 1.15 bits per heavy atom. The normalized spacial score (nSPS) is 15.9. The van der Waals surface area contributed by atoms with E-state index in [0.717, 1.165) is 21.3 Å². The number of morpholine rings is 1. The van der Waals surface area contributed by atoms with E-state index in [1.54, 1.807) is 7.11 Å². The lowest BCUT2D eigenvalue weighted by Crippen LogP contribution is -2.40. The molecule has 0 saturated carbocycles. The summed E-state index contributed by atoms with van der Waals surface area (Å²) in [6, 6.07) is 10.2. The molecule has 2 heterocycles. The number of benzene rings is 2. The minimum atomic E-state index is -3.61. The predicted octanol–water partition coefficient (Wildman–Crippen LogP) is 2.73. The highest BCUT2D eigenvalue weighted by Gasteiger charge is 2.26. The third-order valence-electron chi connectivity index (χ3n) is 5.54. The highest BCUT2D eigenvalue weighted by molar-refractivity contribution is 7.89. The molecule has 0 N–H and O–H groups in total. The van der Waals surface area contributed by atoms with Crippen LogP contribution in [0.5, 0.6) is 0 Å². The van der Waals surface area contributed by atoms with Crippen molar-refractivity contribution in [3.8, 4) is 0 Å². The fourth-order valence-electron chi connectivity index (χ4n) is 3.92. The van der Waals surface area contributed by atoms with Crippen LogP contribution in [-0.4, -0.2) is 63.2 Å². The fraction of sp³-hybridized carbons (Fsp3) is 0.391. The van der Waals surface area contributed by atoms with Gasteiger partial charge >= 0.3 is 0 Å². The molecule has 0 radical (unpaired) electrons. The van der Waals surface area contributed by atoms with E-state index in [4.69, 9.17) is 9.47 Å². The molecule has 3 aromatic rings. The first-order chi connectivity index (χ1) is 15.8. The maximum atomic E-state index is 13.0. The molecule has 0 bridgehead atoms. The van der Waals surface area contributed by atoms with Crippen molar-refractivity contribution in [1.29, 1.82) is 0 Å². The summed E-state index contributed by atoms with van der Waals surface area (Å²) in [5.74, 6) is -0.419. The zero-order valence-corrected chi connectivity index (χ0v) is 20.5. The van der Waals surface area contributed by atoms with E-state index < -0.39 is 15.9 Å². The summed E-state index contributed by atoms with van der Waals surface area (Å²) in [5, 5.41) is 0. The minimum absolute atomic E-state index is 0.157. The number of thiazole rings is 1. The van der Waals surface area contributed by atoms with Gasteiger partial charge in [-0.15, -0.1) is 0 Å². The van der Waals surface area contributed by atoms with Crippen molar-refractivity contribution in [2.24, 2.45) is 4.99 Å². The van der Waals surface area contributed by atoms with Crippen molar-refractivity contribution in [3.05, 3.63) is 57.9 Å². The topological polar surface area (TPSA) is 90.2 Å². The van der Waals surface area contributed by atoms with Crippen molar-refractivity contribution >= 4 is 37.5 Å². The van der Waals surface area contributed by atoms with Crippen LogP contribution in [0.3, 0.4) is 0 Å². The van der Waals surface area contributed by atoms with Crippen LogP contribution in [0.15, 0.2) is 46.3 Å². The van der Waals surface area contributed by atoms with Gasteiger partial charge in [0.15, 0.2) is 4.80 Å². The van der Waals surface area contributed by atoms with Crippen LogP contribution in [0.4, 0.5) is 0 Å². The van der Waals surface area contributed by atoms with Crippen molar-refractivity contribution in [2.75, 3.05) is 40.0 Å². The SMILES string of the molecule is COCCn1c(=NC(=O)c2ccc(S(=O)(=O)N3CCOCC3)cc2)sc2cc(C)cc(C)c21. The number of ether oxygens (including phenoxy) is 2. The summed E-state index contributed by atoms with van der Waals surface area (Å²) in [7, 11) is -1.97. The van der Waals surface area contributed by atoms with Crippen LogP contribution in [-0.2, 0) is 26.0 Å². The number of rotatable bonds is 6. The van der Waals surface area contributed by atoms with Crippen molar-refractivity contribution < 1.29 is 22.7 Å². The molecule has 0 atom stereocenters. The molecular formula is C23H27N3O5S2. The summed E-state index contributed by atoms with van der Waals surface area (Å²) in [6.45, 7) is 6.57. The quantitative estimate of drug-likeness (QED) is 0.531. The van der Waals surface area contributed by atoms with E-state index in [0.29, 0.717) is 49.8 Å². The summed E-state index contributed by atoms with van der Waals surface area (Å²) in [4.78, 5) is 18.1. The molecule has 2 aromatic carbocycles. The molecule has 1 amide bonds. The van der Waals surface area contributed by atoms with E-state index in [2.05, 4.69) is 17.1 Å². The van der Waals surface area contributed by atoms with Gasteiger partial charge in [-0.2, -0.15) is 9.30 Å². The summed E-state index contributed by atoms with van der Waals surface area (Å²) >= 11 is 1.46. The number of aryl methyl sites for hydroxylation is 2. The Morgan fingerprint density at radius 3 is 2.52 bits per heavy atom. The molecule has 1 aliphatic rings. The van der Waals surface area contributed by atoms with E-state index in [-0.39, 0.29) is 4.90 Å². The predicted molar refractivity (Wildman–Crippen MR) is 127 cm³/mol. The molecular weight excluding hydrogens is 462 g/mol. The fourth-order valence-corrected chi connectivity index (χ4v) is 6.56. The van der Waals surface area contributed by atoms with Crippen LogP contribution in [0.25, 0.3) is 10.2 Å². The van der Waals surface area contributed by atoms with E-state index >= 15 is 0 Å². The highest BCUT2D eigenvalue weighted by Crippen LogP contribution is 2.23. The molecule has 0 spiro atoms. The van der Waals surface area contributed by atoms with E-state index in [1.165, 1.54) is 39.9 Å². The molecule has 10 heteroatoms. The van der Waals surface area contributed by atoms with Gasteiger partial charge in [0.1, 0.15) is 0 Å². The van der Waals surface area contributed by atoms with Crippen molar-refractivity contribution in [3.63, 3.8) is 0 Å². The van der Waals surface area contributed by atoms with Gasteiger partial charge in [0.25, 0.3) is 5.91 Å². The van der Waals surface area contributed by atoms with Gasteiger partial charge in [-0.1, -0.05) is 17.4 Å². The first-order valence-electron chi connectivity index (χ1n) is 10.7. The Morgan fingerprint density at radius 2 is 1.85 bits per heavy atom. The number of nitrogens with zero attached hydrogens (tertiary/aromatic N) is 3. The summed E-state index contributed by atoms with van der Waals surface area (Å²) in [6.07, 6.45) is 0. The first-order valence-corrected chi connectivity index (χ1v) is 12.9. The van der Waals surface area contributed by atoms with Gasteiger partial charge < -0.3 is 14.0 Å². The Bertz CT molecular complexity index is 1330. The monoisotopic (exact) mass is 489 g/mol. The maximum absolute atomic E-state index is 13.0. The van der Waals surface area contributed by atoms with Gasteiger partial charge in [0.05, 0.1) is 34.9 Å². The average Bonchev–Trinajstić information content (AvgIpc) is 3.15. The molecule has 4 rings (SSSR count). The Balaban J connectivity index is 1.67. The van der Waals surface area contributed by atoms with Crippen LogP contribution in [0, 0.1) is 13.8 Å². The molecule has 8 nitrogen and oxygen atoms in total. The van der Waals surface area contributed by atoms with Gasteiger partial charge in [-0.25, -0.2) is 8.42 Å². The van der Waals surface area contributed by atoms with Gasteiger partial charge in [-0.3, -0.25) is 4.79 Å². The number of aromatic nitrogens is 1. The van der Waals surface area contributed by atoms with Gasteiger partial charge in [0.2, 0.25) is 10.0 Å². The standard InChI is InChI=1S/C23H27N3O5S2/c1-16-14-17(2)21-20(15-16)32-23(26(21)10-11-30-3)24-22(27)18-4-6-19(7-5-18)33(28,29)25-8-12-31-13-9-25/h4-7,14-15H,8-13H2,1-3H3. The van der Waals surface area contributed by atoms with Crippen molar-refractivity contribution in [2.45, 2.75) is 25.3 Å². The zero-order valence-electron chi connectivity index (χ0n) is 18.9. The number of carbonyl (C=O) groups is 1. The lowest BCUT2D eigenvalue weighted by atomic mass is 10.1. The molecule has 1 fully saturated rings. The molecule has 33 heavy (non-hydrogen) atoms. The molecule has 176 valence electrons. The Hall–Kier alpha value is -2.37. The highest BCUT2D eigenvalue weighted by atomic mass is 32.2. The molecule has 1 aliphatic heterocycles. The van der Waals surface area contributed by atoms with Crippen LogP contribution in [0.2, 0.25) is 0 Å². The molecule has 1 aromatic heterocycles. The number of amides is 1. The second kappa shape index (κ2) is 9.86. The van der Waals surface area contributed by atoms with E-state index in [9.17, 15) is 13.2 Å². The Kier molecular flexibility index (Phi) is 7.10. The van der Waals surface area contributed by atoms with E-state index in [1.807, 2.05) is 18.4 Å². The number of hydrogen-bond donors (Lipinski definition) is 0. The summed E-state index contributed by atoms with van der Waals surface area (Å²) in [5.41, 5.74) is 3.64. The number of carbonyl (C=O) groups excluding carboxylic acids is 1. The number of hydrogen-bond acceptors (Lipinski definition) is 6. The van der Waals surface area contributed by atoms with Crippen LogP contribution < -0.4 is 4.80 Å². The number of fused-ring (bicyclic) bond motifs is 1. The average molecular weight is 490 g/mol. The molecule has 0 aliphatic carbocycles. The lowest BCUT2D eigenvalue weighted by Gasteiger charge is -2.26. The molecule has 1 saturated heterocycles. The first kappa shape index (κ1) is 23.8. The van der Waals surface area contributed by atoms with Crippen molar-refractivity contribution in [1.82, 2.24) is 8.87 Å². The molecule has 0 unspecified atom stereocenters. The Labute approximate surface area is 197 Å². The number of methoxy groups -OCH3 is 1. The maximum Gasteiger partial charge on any atom is 0.279 e. The zero-order chi connectivity index (χ0) is 23.6. The summed E-state index contributed by atoms with van der Waals surface area (Å²) < 4.78 is 40.6. The van der Waals surface area contributed by atoms with Crippen LogP contribution in [0.1, 0.15) is 21.5 Å². The largest absolute Gasteiger partial charge is 0.383 e. The smallest absolute Gasteiger partial charge is 0.279 e. The van der Waals surface area contributed by atoms with Crippen LogP contribution >= 0.6 is 11.3 Å².